The number of hydrogen-bond acceptors (Lipinski definition) is 2. The van der Waals surface area contributed by atoms with E-state index in [0.717, 1.165) is 15.8 Å². The predicted molar refractivity (Wildman–Crippen MR) is 75.0 cm³/mol. The maximum Gasteiger partial charge on any atom is 0.309 e. The van der Waals surface area contributed by atoms with Crippen LogP contribution in [0.2, 0.25) is 0 Å². The van der Waals surface area contributed by atoms with E-state index in [-0.39, 0.29) is 0 Å². The fourth-order valence-corrected chi connectivity index (χ4v) is 2.44. The first-order valence-electron chi connectivity index (χ1n) is 6.05. The van der Waals surface area contributed by atoms with E-state index in [9.17, 15) is 9.90 Å². The van der Waals surface area contributed by atoms with Gasteiger partial charge in [-0.05, 0) is 43.0 Å². The van der Waals surface area contributed by atoms with Crippen molar-refractivity contribution in [1.29, 1.82) is 0 Å². The monoisotopic (exact) mass is 314 g/mol. The van der Waals surface area contributed by atoms with Gasteiger partial charge in [-0.3, -0.25) is 4.79 Å². The Bertz CT molecular complexity index is 425. The molecule has 0 fully saturated rings. The zero-order chi connectivity index (χ0) is 13.8. The molecular weight excluding hydrogens is 296 g/mol. The Balaban J connectivity index is 3.11. The van der Waals surface area contributed by atoms with Crippen molar-refractivity contribution in [3.8, 4) is 5.75 Å². The maximum absolute atomic E-state index is 11.5. The Morgan fingerprint density at radius 3 is 2.44 bits per heavy atom. The van der Waals surface area contributed by atoms with Crippen molar-refractivity contribution in [3.05, 3.63) is 28.2 Å². The number of carboxylic acids is 1. The topological polar surface area (TPSA) is 46.5 Å². The largest absolute Gasteiger partial charge is 0.497 e. The third kappa shape index (κ3) is 3.05. The molecule has 0 radical (unpaired) electrons. The Kier molecular flexibility index (Phi) is 5.20. The summed E-state index contributed by atoms with van der Waals surface area (Å²) in [5.41, 5.74) is 0.273. The Morgan fingerprint density at radius 1 is 1.39 bits per heavy atom. The molecule has 18 heavy (non-hydrogen) atoms. The van der Waals surface area contributed by atoms with Crippen LogP contribution >= 0.6 is 15.9 Å². The first-order valence-corrected chi connectivity index (χ1v) is 6.84. The molecule has 0 aliphatic carbocycles. The summed E-state index contributed by atoms with van der Waals surface area (Å²) in [6, 6.07) is 5.65. The Labute approximate surface area is 116 Å². The third-order valence-corrected chi connectivity index (χ3v) is 4.36. The van der Waals surface area contributed by atoms with Crippen LogP contribution in [0.25, 0.3) is 0 Å². The lowest BCUT2D eigenvalue weighted by Gasteiger charge is -2.27. The summed E-state index contributed by atoms with van der Waals surface area (Å²) in [5, 5.41) is 9.46. The average molecular weight is 315 g/mol. The van der Waals surface area contributed by atoms with E-state index >= 15 is 0 Å². The fourth-order valence-electron chi connectivity index (χ4n) is 2.06. The van der Waals surface area contributed by atoms with Gasteiger partial charge in [0.25, 0.3) is 0 Å². The number of carbonyl (C=O) groups is 1. The SMILES string of the molecule is CCC(CC)(Cc1cc(OC)ccc1Br)C(=O)O. The van der Waals surface area contributed by atoms with Gasteiger partial charge in [0.2, 0.25) is 0 Å². The quantitative estimate of drug-likeness (QED) is 0.866. The van der Waals surface area contributed by atoms with Crippen molar-refractivity contribution in [2.24, 2.45) is 5.41 Å². The Hall–Kier alpha value is -1.03. The van der Waals surface area contributed by atoms with Crippen LogP contribution in [0.15, 0.2) is 22.7 Å². The average Bonchev–Trinajstić information content (AvgIpc) is 2.37. The number of halogens is 1. The highest BCUT2D eigenvalue weighted by Gasteiger charge is 2.35. The predicted octanol–water partition coefficient (Wildman–Crippen LogP) is 3.89. The highest BCUT2D eigenvalue weighted by atomic mass is 79.9. The molecule has 1 aromatic rings. The second-order valence-electron chi connectivity index (χ2n) is 4.43. The molecule has 0 aliphatic heterocycles. The van der Waals surface area contributed by atoms with Crippen LogP contribution in [-0.2, 0) is 11.2 Å². The van der Waals surface area contributed by atoms with Crippen LogP contribution in [-0.4, -0.2) is 18.2 Å². The second-order valence-corrected chi connectivity index (χ2v) is 5.28. The van der Waals surface area contributed by atoms with Crippen LogP contribution in [0, 0.1) is 5.41 Å². The molecule has 1 N–H and O–H groups in total. The van der Waals surface area contributed by atoms with Gasteiger partial charge < -0.3 is 9.84 Å². The number of benzene rings is 1. The minimum absolute atomic E-state index is 0.507. The summed E-state index contributed by atoms with van der Waals surface area (Å²) < 4.78 is 6.11. The normalized spacial score (nSPS) is 11.3. The molecule has 0 aliphatic rings. The van der Waals surface area contributed by atoms with Crippen molar-refractivity contribution >= 4 is 21.9 Å². The van der Waals surface area contributed by atoms with Gasteiger partial charge in [0.1, 0.15) is 5.75 Å². The number of methoxy groups -OCH3 is 1. The number of hydrogen-bond donors (Lipinski definition) is 1. The van der Waals surface area contributed by atoms with Crippen LogP contribution in [0.5, 0.6) is 5.75 Å². The number of carboxylic acid groups (broad SMARTS) is 1. The molecule has 0 saturated heterocycles. The summed E-state index contributed by atoms with van der Waals surface area (Å²) >= 11 is 3.47. The van der Waals surface area contributed by atoms with E-state index in [1.807, 2.05) is 32.0 Å². The molecular formula is C14H19BrO3. The van der Waals surface area contributed by atoms with Gasteiger partial charge in [-0.2, -0.15) is 0 Å². The molecule has 0 atom stereocenters. The minimum atomic E-state index is -0.734. The van der Waals surface area contributed by atoms with E-state index in [2.05, 4.69) is 15.9 Å². The molecule has 3 nitrogen and oxygen atoms in total. The summed E-state index contributed by atoms with van der Waals surface area (Å²) in [6.07, 6.45) is 1.73. The van der Waals surface area contributed by atoms with Crippen molar-refractivity contribution < 1.29 is 14.6 Å². The molecule has 0 unspecified atom stereocenters. The molecule has 0 bridgehead atoms. The molecule has 4 heteroatoms. The van der Waals surface area contributed by atoms with Gasteiger partial charge in [0.15, 0.2) is 0 Å². The Morgan fingerprint density at radius 2 is 2.00 bits per heavy atom. The van der Waals surface area contributed by atoms with E-state index in [1.54, 1.807) is 7.11 Å². The number of aliphatic carboxylic acids is 1. The third-order valence-electron chi connectivity index (χ3n) is 3.59. The fraction of sp³-hybridized carbons (Fsp3) is 0.500. The van der Waals surface area contributed by atoms with Gasteiger partial charge in [0.05, 0.1) is 12.5 Å². The maximum atomic E-state index is 11.5. The molecule has 0 aromatic heterocycles. The number of rotatable bonds is 6. The standard InChI is InChI=1S/C14H19BrO3/c1-4-14(5-2,13(16)17)9-10-8-11(18-3)6-7-12(10)15/h6-8H,4-5,9H2,1-3H3,(H,16,17). The van der Waals surface area contributed by atoms with Gasteiger partial charge in [0, 0.05) is 4.47 Å². The lowest BCUT2D eigenvalue weighted by atomic mass is 9.77. The van der Waals surface area contributed by atoms with E-state index < -0.39 is 11.4 Å². The summed E-state index contributed by atoms with van der Waals surface area (Å²) in [6.45, 7) is 3.84. The second kappa shape index (κ2) is 6.23. The lowest BCUT2D eigenvalue weighted by molar-refractivity contribution is -0.149. The van der Waals surface area contributed by atoms with Crippen LogP contribution in [0.1, 0.15) is 32.3 Å². The zero-order valence-corrected chi connectivity index (χ0v) is 12.6. The smallest absolute Gasteiger partial charge is 0.309 e. The first kappa shape index (κ1) is 15.0. The molecule has 0 spiro atoms. The summed E-state index contributed by atoms with van der Waals surface area (Å²) in [7, 11) is 1.61. The number of ether oxygens (including phenoxy) is 1. The highest BCUT2D eigenvalue weighted by molar-refractivity contribution is 9.10. The molecule has 100 valence electrons. The van der Waals surface area contributed by atoms with E-state index in [1.165, 1.54) is 0 Å². The summed E-state index contributed by atoms with van der Waals surface area (Å²) in [5.74, 6) is 0.0157. The van der Waals surface area contributed by atoms with Crippen LogP contribution in [0.4, 0.5) is 0 Å². The van der Waals surface area contributed by atoms with Crippen molar-refractivity contribution in [2.75, 3.05) is 7.11 Å². The van der Waals surface area contributed by atoms with Crippen LogP contribution < -0.4 is 4.74 Å². The van der Waals surface area contributed by atoms with Gasteiger partial charge in [-0.25, -0.2) is 0 Å². The lowest BCUT2D eigenvalue weighted by Crippen LogP contribution is -2.32. The van der Waals surface area contributed by atoms with Gasteiger partial charge in [-0.1, -0.05) is 29.8 Å². The van der Waals surface area contributed by atoms with E-state index in [4.69, 9.17) is 4.74 Å². The van der Waals surface area contributed by atoms with E-state index in [0.29, 0.717) is 19.3 Å². The van der Waals surface area contributed by atoms with Crippen LogP contribution in [0.3, 0.4) is 0 Å². The van der Waals surface area contributed by atoms with Crippen molar-refractivity contribution in [3.63, 3.8) is 0 Å². The molecule has 0 amide bonds. The van der Waals surface area contributed by atoms with Crippen molar-refractivity contribution in [2.45, 2.75) is 33.1 Å². The zero-order valence-electron chi connectivity index (χ0n) is 11.0. The minimum Gasteiger partial charge on any atom is -0.497 e. The molecule has 1 aromatic carbocycles. The molecule has 1 rings (SSSR count). The van der Waals surface area contributed by atoms with Gasteiger partial charge >= 0.3 is 5.97 Å². The molecule has 0 saturated carbocycles. The highest BCUT2D eigenvalue weighted by Crippen LogP contribution is 2.35. The first-order chi connectivity index (χ1) is 8.49. The van der Waals surface area contributed by atoms with Crippen molar-refractivity contribution in [1.82, 2.24) is 0 Å². The summed E-state index contributed by atoms with van der Waals surface area (Å²) in [4.78, 5) is 11.5. The molecule has 0 heterocycles. The van der Waals surface area contributed by atoms with Gasteiger partial charge in [-0.15, -0.1) is 0 Å².